The van der Waals surface area contributed by atoms with Gasteiger partial charge in [0.2, 0.25) is 0 Å². The fourth-order valence-electron chi connectivity index (χ4n) is 1.56. The molecule has 0 radical (unpaired) electrons. The van der Waals surface area contributed by atoms with Crippen molar-refractivity contribution in [2.75, 3.05) is 13.7 Å². The highest BCUT2D eigenvalue weighted by Gasteiger charge is 2.06. The third-order valence-corrected chi connectivity index (χ3v) is 2.44. The molecule has 0 saturated heterocycles. The van der Waals surface area contributed by atoms with Crippen LogP contribution in [0.2, 0.25) is 0 Å². The Morgan fingerprint density at radius 2 is 2.07 bits per heavy atom. The van der Waals surface area contributed by atoms with Crippen molar-refractivity contribution in [3.8, 4) is 5.75 Å². The van der Waals surface area contributed by atoms with Crippen molar-refractivity contribution in [2.24, 2.45) is 0 Å². The van der Waals surface area contributed by atoms with Crippen LogP contribution in [0.4, 0.5) is 0 Å². The van der Waals surface area contributed by atoms with Crippen LogP contribution in [-0.4, -0.2) is 13.7 Å². The van der Waals surface area contributed by atoms with Crippen LogP contribution in [0, 0.1) is 0 Å². The topological polar surface area (TPSA) is 21.3 Å². The van der Waals surface area contributed by atoms with Gasteiger partial charge in [0.05, 0.1) is 7.11 Å². The Hall–Kier alpha value is -1.28. The average molecular weight is 205 g/mol. The lowest BCUT2D eigenvalue weighted by Gasteiger charge is -2.16. The molecule has 0 aromatic heterocycles. The predicted octanol–water partition coefficient (Wildman–Crippen LogP) is 2.92. The molecule has 0 amide bonds. The Balaban J connectivity index is 2.69. The van der Waals surface area contributed by atoms with Crippen LogP contribution in [0.3, 0.4) is 0 Å². The van der Waals surface area contributed by atoms with Gasteiger partial charge in [-0.25, -0.2) is 0 Å². The highest BCUT2D eigenvalue weighted by molar-refractivity contribution is 5.29. The second kappa shape index (κ2) is 6.25. The number of hydrogen-bond acceptors (Lipinski definition) is 2. The molecule has 2 heteroatoms. The van der Waals surface area contributed by atoms with Gasteiger partial charge in [0, 0.05) is 12.6 Å². The minimum atomic E-state index is 0.397. The van der Waals surface area contributed by atoms with E-state index in [2.05, 4.69) is 31.0 Å². The maximum absolute atomic E-state index is 5.13. The Morgan fingerprint density at radius 1 is 1.40 bits per heavy atom. The second-order valence-corrected chi connectivity index (χ2v) is 3.43. The zero-order valence-corrected chi connectivity index (χ0v) is 9.49. The number of nitrogens with one attached hydrogen (secondary N) is 1. The highest BCUT2D eigenvalue weighted by Crippen LogP contribution is 2.19. The van der Waals surface area contributed by atoms with Crippen LogP contribution in [0.1, 0.15) is 24.9 Å². The van der Waals surface area contributed by atoms with Crippen LogP contribution in [0.25, 0.3) is 0 Å². The molecule has 1 atom stereocenters. The summed E-state index contributed by atoms with van der Waals surface area (Å²) in [6.07, 6.45) is 2.95. The summed E-state index contributed by atoms with van der Waals surface area (Å²) in [4.78, 5) is 0. The van der Waals surface area contributed by atoms with Crippen LogP contribution in [0.15, 0.2) is 36.9 Å². The molecule has 82 valence electrons. The van der Waals surface area contributed by atoms with E-state index < -0.39 is 0 Å². The Bertz CT molecular complexity index is 292. The van der Waals surface area contributed by atoms with Crippen molar-refractivity contribution in [1.29, 1.82) is 0 Å². The minimum absolute atomic E-state index is 0.397. The smallest absolute Gasteiger partial charge is 0.118 e. The van der Waals surface area contributed by atoms with Gasteiger partial charge in [-0.1, -0.05) is 25.1 Å². The summed E-state index contributed by atoms with van der Waals surface area (Å²) in [7, 11) is 1.68. The molecule has 0 fully saturated rings. The highest BCUT2D eigenvalue weighted by atomic mass is 16.5. The molecule has 0 unspecified atom stereocenters. The van der Waals surface area contributed by atoms with Gasteiger partial charge in [-0.15, -0.1) is 6.58 Å². The molecule has 1 rings (SSSR count). The van der Waals surface area contributed by atoms with Gasteiger partial charge in [0.1, 0.15) is 5.75 Å². The van der Waals surface area contributed by atoms with E-state index in [-0.39, 0.29) is 0 Å². The molecule has 0 bridgehead atoms. The molecule has 1 aromatic carbocycles. The first-order chi connectivity index (χ1) is 7.31. The molecule has 0 saturated carbocycles. The van der Waals surface area contributed by atoms with Crippen molar-refractivity contribution >= 4 is 0 Å². The zero-order chi connectivity index (χ0) is 11.1. The molecule has 0 aliphatic heterocycles. The van der Waals surface area contributed by atoms with Crippen LogP contribution in [-0.2, 0) is 0 Å². The first-order valence-electron chi connectivity index (χ1n) is 5.30. The van der Waals surface area contributed by atoms with E-state index in [9.17, 15) is 0 Å². The summed E-state index contributed by atoms with van der Waals surface area (Å²) >= 11 is 0. The van der Waals surface area contributed by atoms with Gasteiger partial charge in [-0.2, -0.15) is 0 Å². The normalized spacial score (nSPS) is 12.1. The number of rotatable bonds is 6. The monoisotopic (exact) mass is 205 g/mol. The third-order valence-electron chi connectivity index (χ3n) is 2.44. The first kappa shape index (κ1) is 11.8. The van der Waals surface area contributed by atoms with Crippen LogP contribution >= 0.6 is 0 Å². The lowest BCUT2D eigenvalue weighted by Crippen LogP contribution is -2.20. The van der Waals surface area contributed by atoms with E-state index in [1.165, 1.54) is 5.56 Å². The minimum Gasteiger partial charge on any atom is -0.497 e. The quantitative estimate of drug-likeness (QED) is 0.721. The summed E-state index contributed by atoms with van der Waals surface area (Å²) in [5.41, 5.74) is 1.29. The Kier molecular flexibility index (Phi) is 4.91. The van der Waals surface area contributed by atoms with Gasteiger partial charge < -0.3 is 10.1 Å². The fraction of sp³-hybridized carbons (Fsp3) is 0.385. The van der Waals surface area contributed by atoms with Crippen LogP contribution < -0.4 is 10.1 Å². The van der Waals surface area contributed by atoms with Gasteiger partial charge in [0.25, 0.3) is 0 Å². The molecule has 15 heavy (non-hydrogen) atoms. The van der Waals surface area contributed by atoms with Crippen molar-refractivity contribution in [2.45, 2.75) is 19.4 Å². The molecule has 0 aliphatic rings. The van der Waals surface area contributed by atoms with Gasteiger partial charge in [-0.3, -0.25) is 0 Å². The lowest BCUT2D eigenvalue weighted by molar-refractivity contribution is 0.414. The van der Waals surface area contributed by atoms with E-state index in [4.69, 9.17) is 4.74 Å². The Morgan fingerprint density at radius 3 is 2.53 bits per heavy atom. The van der Waals surface area contributed by atoms with Crippen molar-refractivity contribution < 1.29 is 4.74 Å². The van der Waals surface area contributed by atoms with Crippen LogP contribution in [0.5, 0.6) is 5.75 Å². The summed E-state index contributed by atoms with van der Waals surface area (Å²) < 4.78 is 5.13. The fourth-order valence-corrected chi connectivity index (χ4v) is 1.56. The third kappa shape index (κ3) is 3.40. The predicted molar refractivity (Wildman–Crippen MR) is 64.2 cm³/mol. The van der Waals surface area contributed by atoms with E-state index in [1.807, 2.05) is 18.2 Å². The second-order valence-electron chi connectivity index (χ2n) is 3.43. The van der Waals surface area contributed by atoms with E-state index >= 15 is 0 Å². The maximum Gasteiger partial charge on any atom is 0.118 e. The molecule has 1 aromatic rings. The standard InChI is InChI=1S/C13H19NO/c1-4-10-14-13(5-2)11-6-8-12(15-3)9-7-11/h4,6-9,13-14H,1,5,10H2,2-3H3/t13-/m1/s1. The Labute approximate surface area is 92.0 Å². The summed E-state index contributed by atoms with van der Waals surface area (Å²) in [5.74, 6) is 0.900. The molecule has 0 spiro atoms. The lowest BCUT2D eigenvalue weighted by atomic mass is 10.0. The van der Waals surface area contributed by atoms with E-state index in [0.29, 0.717) is 6.04 Å². The van der Waals surface area contributed by atoms with Gasteiger partial charge in [-0.05, 0) is 24.1 Å². The zero-order valence-electron chi connectivity index (χ0n) is 9.49. The molecule has 0 aliphatic carbocycles. The average Bonchev–Trinajstić information content (AvgIpc) is 2.31. The van der Waals surface area contributed by atoms with E-state index in [0.717, 1.165) is 18.7 Å². The summed E-state index contributed by atoms with van der Waals surface area (Å²) in [5, 5.41) is 3.41. The molecule has 1 N–H and O–H groups in total. The number of methoxy groups -OCH3 is 1. The molecular formula is C13H19NO. The maximum atomic E-state index is 5.13. The molecular weight excluding hydrogens is 186 g/mol. The largest absolute Gasteiger partial charge is 0.497 e. The van der Waals surface area contributed by atoms with E-state index in [1.54, 1.807) is 7.11 Å². The number of benzene rings is 1. The first-order valence-corrected chi connectivity index (χ1v) is 5.30. The molecule has 2 nitrogen and oxygen atoms in total. The van der Waals surface area contributed by atoms with Crippen molar-refractivity contribution in [1.82, 2.24) is 5.32 Å². The van der Waals surface area contributed by atoms with Crippen molar-refractivity contribution in [3.63, 3.8) is 0 Å². The SMILES string of the molecule is C=CCN[C@H](CC)c1ccc(OC)cc1. The van der Waals surface area contributed by atoms with Gasteiger partial charge >= 0.3 is 0 Å². The molecule has 0 heterocycles. The van der Waals surface area contributed by atoms with Crippen molar-refractivity contribution in [3.05, 3.63) is 42.5 Å². The number of ether oxygens (including phenoxy) is 1. The van der Waals surface area contributed by atoms with Gasteiger partial charge in [0.15, 0.2) is 0 Å². The summed E-state index contributed by atoms with van der Waals surface area (Å²) in [6, 6.07) is 8.58. The summed E-state index contributed by atoms with van der Waals surface area (Å²) in [6.45, 7) is 6.71. The number of hydrogen-bond donors (Lipinski definition) is 1.